The normalized spacial score (nSPS) is 10.4. The molecule has 34 heavy (non-hydrogen) atoms. The quantitative estimate of drug-likeness (QED) is 0.261. The predicted molar refractivity (Wildman–Crippen MR) is 126 cm³/mol. The summed E-state index contributed by atoms with van der Waals surface area (Å²) < 4.78 is 21.0. The number of carbonyl (C=O) groups is 3. The Kier molecular flexibility index (Phi) is 10.9. The highest BCUT2D eigenvalue weighted by molar-refractivity contribution is 5.94. The van der Waals surface area contributed by atoms with Gasteiger partial charge in [0.25, 0.3) is 0 Å². The molecule has 0 aliphatic carbocycles. The van der Waals surface area contributed by atoms with Gasteiger partial charge in [-0.15, -0.1) is 0 Å². The standard InChI is InChI=1S/C24H29N3O7/c1-4-32-21-14-17(10-11-20(21)34-16-24(30)33-5-2)15-25-27-23(29)13-12-22(28)26-18-8-6-7-9-19(18)31-3/h6-11,14-15H,4-5,12-13,16H2,1-3H3,(H,26,28)(H,27,29). The average molecular weight is 472 g/mol. The number of rotatable bonds is 13. The Labute approximate surface area is 198 Å². The monoisotopic (exact) mass is 471 g/mol. The van der Waals surface area contributed by atoms with E-state index in [1.807, 2.05) is 6.92 Å². The van der Waals surface area contributed by atoms with Crippen molar-refractivity contribution in [3.63, 3.8) is 0 Å². The molecule has 2 amide bonds. The van der Waals surface area contributed by atoms with Gasteiger partial charge < -0.3 is 24.3 Å². The highest BCUT2D eigenvalue weighted by Crippen LogP contribution is 2.28. The van der Waals surface area contributed by atoms with Crippen molar-refractivity contribution in [3.05, 3.63) is 48.0 Å². The second-order valence-corrected chi connectivity index (χ2v) is 6.77. The molecule has 10 heteroatoms. The number of nitrogens with zero attached hydrogens (tertiary/aromatic N) is 1. The summed E-state index contributed by atoms with van der Waals surface area (Å²) in [6, 6.07) is 12.0. The van der Waals surface area contributed by atoms with E-state index in [2.05, 4.69) is 15.8 Å². The van der Waals surface area contributed by atoms with Gasteiger partial charge in [-0.05, 0) is 49.7 Å². The molecular weight excluding hydrogens is 442 g/mol. The molecule has 0 saturated heterocycles. The Morgan fingerprint density at radius 3 is 2.41 bits per heavy atom. The number of para-hydroxylation sites is 2. The zero-order valence-corrected chi connectivity index (χ0v) is 19.5. The summed E-state index contributed by atoms with van der Waals surface area (Å²) in [4.78, 5) is 35.6. The van der Waals surface area contributed by atoms with Crippen LogP contribution in [0.3, 0.4) is 0 Å². The van der Waals surface area contributed by atoms with Crippen molar-refractivity contribution in [1.29, 1.82) is 0 Å². The predicted octanol–water partition coefficient (Wildman–Crippen LogP) is 2.90. The lowest BCUT2D eigenvalue weighted by atomic mass is 10.2. The number of ether oxygens (including phenoxy) is 4. The summed E-state index contributed by atoms with van der Waals surface area (Å²) in [5.74, 6) is 0.144. The number of anilines is 1. The molecule has 0 atom stereocenters. The van der Waals surface area contributed by atoms with Gasteiger partial charge in [0, 0.05) is 12.8 Å². The highest BCUT2D eigenvalue weighted by atomic mass is 16.6. The van der Waals surface area contributed by atoms with Crippen LogP contribution in [0.15, 0.2) is 47.6 Å². The zero-order valence-electron chi connectivity index (χ0n) is 19.5. The Morgan fingerprint density at radius 2 is 1.68 bits per heavy atom. The lowest BCUT2D eigenvalue weighted by molar-refractivity contribution is -0.145. The molecule has 2 N–H and O–H groups in total. The van der Waals surface area contributed by atoms with E-state index in [1.165, 1.54) is 13.3 Å². The molecule has 2 aromatic rings. The van der Waals surface area contributed by atoms with Crippen LogP contribution < -0.4 is 25.0 Å². The van der Waals surface area contributed by atoms with Crippen molar-refractivity contribution >= 4 is 29.7 Å². The average Bonchev–Trinajstić information content (AvgIpc) is 2.83. The van der Waals surface area contributed by atoms with Crippen LogP contribution in [-0.2, 0) is 19.1 Å². The van der Waals surface area contributed by atoms with E-state index < -0.39 is 11.9 Å². The van der Waals surface area contributed by atoms with Crippen LogP contribution in [0.4, 0.5) is 5.69 Å². The van der Waals surface area contributed by atoms with Gasteiger partial charge in [-0.25, -0.2) is 10.2 Å². The maximum absolute atomic E-state index is 12.1. The molecule has 2 aromatic carbocycles. The third-order valence-corrected chi connectivity index (χ3v) is 4.28. The number of hydrogen-bond donors (Lipinski definition) is 2. The number of esters is 1. The first-order valence-electron chi connectivity index (χ1n) is 10.8. The number of hydrogen-bond acceptors (Lipinski definition) is 8. The number of hydrazone groups is 1. The molecule has 0 radical (unpaired) electrons. The second-order valence-electron chi connectivity index (χ2n) is 6.77. The fourth-order valence-corrected chi connectivity index (χ4v) is 2.75. The van der Waals surface area contributed by atoms with Crippen molar-refractivity contribution in [3.8, 4) is 17.2 Å². The van der Waals surface area contributed by atoms with Gasteiger partial charge in [-0.2, -0.15) is 5.10 Å². The van der Waals surface area contributed by atoms with E-state index in [-0.39, 0.29) is 32.0 Å². The first kappa shape index (κ1) is 26.2. The lowest BCUT2D eigenvalue weighted by Gasteiger charge is -2.12. The first-order valence-corrected chi connectivity index (χ1v) is 10.8. The molecule has 0 bridgehead atoms. The SMILES string of the molecule is CCOC(=O)COc1ccc(C=NNC(=O)CCC(=O)Nc2ccccc2OC)cc1OCC. The summed E-state index contributed by atoms with van der Waals surface area (Å²) in [6.07, 6.45) is 1.38. The maximum atomic E-state index is 12.1. The minimum Gasteiger partial charge on any atom is -0.495 e. The van der Waals surface area contributed by atoms with Crippen LogP contribution >= 0.6 is 0 Å². The molecule has 0 aliphatic heterocycles. The van der Waals surface area contributed by atoms with Gasteiger partial charge in [0.1, 0.15) is 5.75 Å². The van der Waals surface area contributed by atoms with Crippen LogP contribution in [0.2, 0.25) is 0 Å². The molecule has 0 heterocycles. The summed E-state index contributed by atoms with van der Waals surface area (Å²) in [5, 5.41) is 6.62. The fraction of sp³-hybridized carbons (Fsp3) is 0.333. The number of carbonyl (C=O) groups excluding carboxylic acids is 3. The summed E-state index contributed by atoms with van der Waals surface area (Å²) >= 11 is 0. The van der Waals surface area contributed by atoms with E-state index in [9.17, 15) is 14.4 Å². The zero-order chi connectivity index (χ0) is 24.8. The summed E-state index contributed by atoms with van der Waals surface area (Å²) in [7, 11) is 1.51. The molecule has 182 valence electrons. The minimum atomic E-state index is -0.477. The van der Waals surface area contributed by atoms with Gasteiger partial charge in [0.2, 0.25) is 11.8 Å². The van der Waals surface area contributed by atoms with Gasteiger partial charge in [-0.1, -0.05) is 12.1 Å². The molecule has 0 unspecified atom stereocenters. The van der Waals surface area contributed by atoms with E-state index in [0.717, 1.165) is 0 Å². The number of benzene rings is 2. The third kappa shape index (κ3) is 8.81. The van der Waals surface area contributed by atoms with Gasteiger partial charge in [0.05, 0.1) is 32.2 Å². The Bertz CT molecular complexity index is 1010. The topological polar surface area (TPSA) is 125 Å². The molecule has 0 aliphatic rings. The molecule has 0 fully saturated rings. The van der Waals surface area contributed by atoms with E-state index in [4.69, 9.17) is 18.9 Å². The van der Waals surface area contributed by atoms with Crippen molar-refractivity contribution in [2.45, 2.75) is 26.7 Å². The molecule has 0 aromatic heterocycles. The summed E-state index contributed by atoms with van der Waals surface area (Å²) in [5.41, 5.74) is 3.56. The third-order valence-electron chi connectivity index (χ3n) is 4.28. The van der Waals surface area contributed by atoms with Crippen molar-refractivity contribution in [1.82, 2.24) is 5.43 Å². The molecule has 2 rings (SSSR count). The van der Waals surface area contributed by atoms with Crippen LogP contribution in [0.25, 0.3) is 0 Å². The van der Waals surface area contributed by atoms with Gasteiger partial charge >= 0.3 is 5.97 Å². The van der Waals surface area contributed by atoms with Crippen molar-refractivity contribution < 1.29 is 33.3 Å². The molecule has 0 spiro atoms. The van der Waals surface area contributed by atoms with Crippen molar-refractivity contribution in [2.24, 2.45) is 5.10 Å². The highest BCUT2D eigenvalue weighted by Gasteiger charge is 2.11. The van der Waals surface area contributed by atoms with Crippen molar-refractivity contribution in [2.75, 3.05) is 32.2 Å². The van der Waals surface area contributed by atoms with Crippen LogP contribution in [-0.4, -0.2) is 50.9 Å². The van der Waals surface area contributed by atoms with E-state index in [0.29, 0.717) is 35.1 Å². The molecule has 10 nitrogen and oxygen atoms in total. The minimum absolute atomic E-state index is 0.0135. The van der Waals surface area contributed by atoms with Crippen LogP contribution in [0.5, 0.6) is 17.2 Å². The molecular formula is C24H29N3O7. The Hall–Kier alpha value is -4.08. The maximum Gasteiger partial charge on any atom is 0.344 e. The smallest absolute Gasteiger partial charge is 0.344 e. The number of methoxy groups -OCH3 is 1. The molecule has 0 saturated carbocycles. The fourth-order valence-electron chi connectivity index (χ4n) is 2.75. The number of amides is 2. The van der Waals surface area contributed by atoms with E-state index in [1.54, 1.807) is 49.4 Å². The number of nitrogens with one attached hydrogen (secondary N) is 2. The lowest BCUT2D eigenvalue weighted by Crippen LogP contribution is -2.20. The Morgan fingerprint density at radius 1 is 0.912 bits per heavy atom. The van der Waals surface area contributed by atoms with Crippen LogP contribution in [0, 0.1) is 0 Å². The van der Waals surface area contributed by atoms with Gasteiger partial charge in [0.15, 0.2) is 18.1 Å². The first-order chi connectivity index (χ1) is 16.5. The Balaban J connectivity index is 1.85. The van der Waals surface area contributed by atoms with Gasteiger partial charge in [-0.3, -0.25) is 9.59 Å². The van der Waals surface area contributed by atoms with Crippen LogP contribution in [0.1, 0.15) is 32.3 Å². The largest absolute Gasteiger partial charge is 0.495 e. The van der Waals surface area contributed by atoms with E-state index >= 15 is 0 Å². The summed E-state index contributed by atoms with van der Waals surface area (Å²) in [6.45, 7) is 3.97. The second kappa shape index (κ2) is 14.1.